The Hall–Kier alpha value is -2.42. The van der Waals surface area contributed by atoms with Crippen LogP contribution >= 0.6 is 0 Å². The normalized spacial score (nSPS) is 23.1. The molecule has 0 spiro atoms. The Kier molecular flexibility index (Phi) is 6.40. The van der Waals surface area contributed by atoms with E-state index in [4.69, 9.17) is 14.2 Å². The zero-order valence-corrected chi connectivity index (χ0v) is 19.6. The first-order chi connectivity index (χ1) is 16.0. The van der Waals surface area contributed by atoms with Gasteiger partial charge in [-0.1, -0.05) is 12.1 Å². The first kappa shape index (κ1) is 22.4. The van der Waals surface area contributed by atoms with Crippen LogP contribution in [0.15, 0.2) is 24.3 Å². The minimum Gasteiger partial charge on any atom is -0.494 e. The van der Waals surface area contributed by atoms with Gasteiger partial charge in [0.05, 0.1) is 24.0 Å². The summed E-state index contributed by atoms with van der Waals surface area (Å²) in [5.41, 5.74) is 2.79. The van der Waals surface area contributed by atoms with Crippen molar-refractivity contribution in [2.24, 2.45) is 0 Å². The number of para-hydroxylation sites is 2. The molecule has 33 heavy (non-hydrogen) atoms. The summed E-state index contributed by atoms with van der Waals surface area (Å²) in [4.78, 5) is 4.85. The lowest BCUT2D eigenvalue weighted by Gasteiger charge is -2.37. The highest BCUT2D eigenvalue weighted by atomic mass is 16.7. The highest BCUT2D eigenvalue weighted by molar-refractivity contribution is 5.58. The Morgan fingerprint density at radius 3 is 2.21 bits per heavy atom. The lowest BCUT2D eigenvalue weighted by atomic mass is 9.90. The van der Waals surface area contributed by atoms with E-state index in [0.717, 1.165) is 61.7 Å². The maximum atomic E-state index is 10.7. The maximum Gasteiger partial charge on any atom is 0.197 e. The maximum absolute atomic E-state index is 10.7. The third-order valence-electron chi connectivity index (χ3n) is 7.00. The van der Waals surface area contributed by atoms with E-state index < -0.39 is 0 Å². The van der Waals surface area contributed by atoms with Crippen molar-refractivity contribution >= 4 is 5.69 Å². The number of aromatic hydroxyl groups is 2. The molecule has 5 rings (SSSR count). The standard InChI is InChI=1S/C25H35N3O5/c1-17(2)33-21-7-4-3-6-20(21)27-12-10-26(11-13-27)8-5-9-28-24(29)18-14-22-23(32-16-31-22)15-19(18)25(28)30/h3-4,6-7,17,22-23,29-30H,5,8-16H2,1-2H3. The summed E-state index contributed by atoms with van der Waals surface area (Å²) in [6.07, 6.45) is 2.16. The van der Waals surface area contributed by atoms with Crippen LogP contribution in [0, 0.1) is 0 Å². The first-order valence-corrected chi connectivity index (χ1v) is 12.1. The molecule has 1 aromatic heterocycles. The van der Waals surface area contributed by atoms with Crippen molar-refractivity contribution in [3.05, 3.63) is 35.4 Å². The van der Waals surface area contributed by atoms with Crippen LogP contribution in [-0.4, -0.2) is 77.5 Å². The molecular formula is C25H35N3O5. The minimum absolute atomic E-state index is 0.0222. The van der Waals surface area contributed by atoms with Gasteiger partial charge < -0.3 is 29.3 Å². The number of hydrogen-bond acceptors (Lipinski definition) is 7. The van der Waals surface area contributed by atoms with E-state index in [-0.39, 0.29) is 30.1 Å². The van der Waals surface area contributed by atoms with Gasteiger partial charge in [-0.3, -0.25) is 9.47 Å². The van der Waals surface area contributed by atoms with Gasteiger partial charge in [0.25, 0.3) is 0 Å². The molecule has 3 heterocycles. The van der Waals surface area contributed by atoms with Gasteiger partial charge >= 0.3 is 0 Å². The van der Waals surface area contributed by atoms with Gasteiger partial charge in [-0.05, 0) is 38.9 Å². The van der Waals surface area contributed by atoms with E-state index in [2.05, 4.69) is 35.8 Å². The average molecular weight is 458 g/mol. The fourth-order valence-corrected chi connectivity index (χ4v) is 5.29. The Labute approximate surface area is 195 Å². The Morgan fingerprint density at radius 1 is 0.939 bits per heavy atom. The van der Waals surface area contributed by atoms with E-state index in [1.54, 1.807) is 4.57 Å². The monoisotopic (exact) mass is 457 g/mol. The minimum atomic E-state index is -0.0222. The van der Waals surface area contributed by atoms with Crippen molar-refractivity contribution in [1.82, 2.24) is 9.47 Å². The predicted molar refractivity (Wildman–Crippen MR) is 125 cm³/mol. The third kappa shape index (κ3) is 4.52. The van der Waals surface area contributed by atoms with Crippen molar-refractivity contribution in [2.75, 3.05) is 44.4 Å². The van der Waals surface area contributed by atoms with Crippen LogP contribution < -0.4 is 9.64 Å². The summed E-state index contributed by atoms with van der Waals surface area (Å²) in [5, 5.41) is 21.5. The van der Waals surface area contributed by atoms with Gasteiger partial charge in [0.15, 0.2) is 11.8 Å². The van der Waals surface area contributed by atoms with E-state index in [1.807, 2.05) is 12.1 Å². The SMILES string of the molecule is CC(C)Oc1ccccc1N1CCN(CCCn2c(O)c3c(c2O)CC2OCOC2C3)CC1. The van der Waals surface area contributed by atoms with Crippen molar-refractivity contribution in [2.45, 2.75) is 58.0 Å². The topological polar surface area (TPSA) is 79.6 Å². The number of rotatable bonds is 7. The smallest absolute Gasteiger partial charge is 0.197 e. The lowest BCUT2D eigenvalue weighted by molar-refractivity contribution is 0.0398. The number of anilines is 1. The van der Waals surface area contributed by atoms with Gasteiger partial charge in [-0.2, -0.15) is 0 Å². The molecule has 2 aromatic rings. The van der Waals surface area contributed by atoms with Gasteiger partial charge in [0, 0.05) is 56.7 Å². The highest BCUT2D eigenvalue weighted by Gasteiger charge is 2.39. The number of nitrogens with zero attached hydrogens (tertiary/aromatic N) is 3. The van der Waals surface area contributed by atoms with Crippen LogP contribution in [0.4, 0.5) is 5.69 Å². The number of hydrogen-bond donors (Lipinski definition) is 2. The molecule has 2 N–H and O–H groups in total. The van der Waals surface area contributed by atoms with Gasteiger partial charge in [-0.25, -0.2) is 0 Å². The van der Waals surface area contributed by atoms with Crippen molar-refractivity contribution in [1.29, 1.82) is 0 Å². The quantitative estimate of drug-likeness (QED) is 0.662. The average Bonchev–Trinajstić information content (AvgIpc) is 3.36. The summed E-state index contributed by atoms with van der Waals surface area (Å²) in [7, 11) is 0. The highest BCUT2D eigenvalue weighted by Crippen LogP contribution is 2.41. The second kappa shape index (κ2) is 9.44. The molecule has 2 atom stereocenters. The fraction of sp³-hybridized carbons (Fsp3) is 0.600. The number of benzene rings is 1. The van der Waals surface area contributed by atoms with Crippen molar-refractivity contribution in [3.63, 3.8) is 0 Å². The molecule has 2 saturated heterocycles. The van der Waals surface area contributed by atoms with Gasteiger partial charge in [0.1, 0.15) is 12.5 Å². The molecule has 2 aliphatic heterocycles. The van der Waals surface area contributed by atoms with E-state index in [9.17, 15) is 10.2 Å². The van der Waals surface area contributed by atoms with Gasteiger partial charge in [-0.15, -0.1) is 0 Å². The number of piperazine rings is 1. The summed E-state index contributed by atoms with van der Waals surface area (Å²) in [5.74, 6) is 1.31. The molecule has 3 aliphatic rings. The van der Waals surface area contributed by atoms with Crippen molar-refractivity contribution < 1.29 is 24.4 Å². The lowest BCUT2D eigenvalue weighted by Crippen LogP contribution is -2.46. The molecule has 180 valence electrons. The first-order valence-electron chi connectivity index (χ1n) is 12.1. The fourth-order valence-electron chi connectivity index (χ4n) is 5.29. The molecule has 2 fully saturated rings. The molecular weight excluding hydrogens is 422 g/mol. The Morgan fingerprint density at radius 2 is 1.58 bits per heavy atom. The number of ether oxygens (including phenoxy) is 3. The molecule has 1 aromatic carbocycles. The van der Waals surface area contributed by atoms with Crippen LogP contribution in [0.25, 0.3) is 0 Å². The van der Waals surface area contributed by atoms with E-state index in [0.29, 0.717) is 26.2 Å². The summed E-state index contributed by atoms with van der Waals surface area (Å²) < 4.78 is 18.9. The molecule has 2 unspecified atom stereocenters. The van der Waals surface area contributed by atoms with Crippen LogP contribution in [-0.2, 0) is 28.9 Å². The molecule has 0 radical (unpaired) electrons. The van der Waals surface area contributed by atoms with Crippen LogP contribution in [0.1, 0.15) is 31.4 Å². The zero-order chi connectivity index (χ0) is 22.9. The molecule has 8 nitrogen and oxygen atoms in total. The number of fused-ring (bicyclic) bond motifs is 2. The molecule has 1 aliphatic carbocycles. The van der Waals surface area contributed by atoms with Crippen LogP contribution in [0.2, 0.25) is 0 Å². The Bertz CT molecular complexity index is 932. The van der Waals surface area contributed by atoms with Gasteiger partial charge in [0.2, 0.25) is 0 Å². The second-order valence-corrected chi connectivity index (χ2v) is 9.51. The number of aromatic nitrogens is 1. The zero-order valence-electron chi connectivity index (χ0n) is 19.6. The van der Waals surface area contributed by atoms with Crippen molar-refractivity contribution in [3.8, 4) is 17.5 Å². The summed E-state index contributed by atoms with van der Waals surface area (Å²) in [6.45, 7) is 9.79. The molecule has 8 heteroatoms. The Balaban J connectivity index is 1.14. The summed E-state index contributed by atoms with van der Waals surface area (Å²) in [6, 6.07) is 8.27. The molecule has 0 saturated carbocycles. The largest absolute Gasteiger partial charge is 0.494 e. The van der Waals surface area contributed by atoms with E-state index in [1.165, 1.54) is 0 Å². The van der Waals surface area contributed by atoms with E-state index >= 15 is 0 Å². The molecule has 0 bridgehead atoms. The second-order valence-electron chi connectivity index (χ2n) is 9.51. The third-order valence-corrected chi connectivity index (χ3v) is 7.00. The molecule has 0 amide bonds. The van der Waals surface area contributed by atoms with Crippen LogP contribution in [0.3, 0.4) is 0 Å². The van der Waals surface area contributed by atoms with Crippen LogP contribution in [0.5, 0.6) is 17.5 Å². The summed E-state index contributed by atoms with van der Waals surface area (Å²) >= 11 is 0. The predicted octanol–water partition coefficient (Wildman–Crippen LogP) is 2.74.